The molecule has 0 bridgehead atoms. The van der Waals surface area contributed by atoms with E-state index >= 15 is 0 Å². The predicted octanol–water partition coefficient (Wildman–Crippen LogP) is 3.91. The Morgan fingerprint density at radius 1 is 1.27 bits per heavy atom. The average molecular weight is 240 g/mol. The number of anilines is 1. The number of nitrogen functional groups attached to an aromatic ring is 1. The van der Waals surface area contributed by atoms with Crippen LogP contribution in [-0.2, 0) is 6.42 Å². The summed E-state index contributed by atoms with van der Waals surface area (Å²) in [7, 11) is 0. The van der Waals surface area contributed by atoms with Gasteiger partial charge in [0, 0.05) is 11.3 Å². The highest BCUT2D eigenvalue weighted by molar-refractivity contribution is 6.55. The van der Waals surface area contributed by atoms with Gasteiger partial charge in [-0.05, 0) is 36.5 Å². The highest BCUT2D eigenvalue weighted by Gasteiger charge is 2.15. The van der Waals surface area contributed by atoms with E-state index < -0.39 is 0 Å². The molecule has 1 nitrogen and oxygen atoms in total. The van der Waals surface area contributed by atoms with Gasteiger partial charge in [-0.3, -0.25) is 0 Å². The summed E-state index contributed by atoms with van der Waals surface area (Å²) >= 11 is 11.3. The van der Waals surface area contributed by atoms with Crippen LogP contribution in [0.2, 0.25) is 0 Å². The fraction of sp³-hybridized carbons (Fsp3) is 0.250. The van der Waals surface area contributed by atoms with Gasteiger partial charge < -0.3 is 5.73 Å². The van der Waals surface area contributed by atoms with Crippen molar-refractivity contribution in [1.82, 2.24) is 0 Å². The average Bonchev–Trinajstić information content (AvgIpc) is 2.19. The second-order valence-corrected chi connectivity index (χ2v) is 4.54. The second-order valence-electron chi connectivity index (χ2n) is 3.59. The Balaban J connectivity index is 2.63. The Morgan fingerprint density at radius 2 is 2.07 bits per heavy atom. The van der Waals surface area contributed by atoms with Crippen LogP contribution in [-0.4, -0.2) is 0 Å². The van der Waals surface area contributed by atoms with Crippen LogP contribution in [0.15, 0.2) is 28.4 Å². The van der Waals surface area contributed by atoms with Crippen molar-refractivity contribution in [2.75, 3.05) is 5.73 Å². The quantitative estimate of drug-likeness (QED) is 0.540. The number of benzene rings is 1. The summed E-state index contributed by atoms with van der Waals surface area (Å²) in [6.45, 7) is 0. The first-order valence-electron chi connectivity index (χ1n) is 4.87. The maximum atomic E-state index is 5.92. The van der Waals surface area contributed by atoms with Crippen molar-refractivity contribution in [3.8, 4) is 0 Å². The molecular weight excluding hydrogens is 229 g/mol. The number of hydrogen-bond acceptors (Lipinski definition) is 1. The number of halogens is 2. The van der Waals surface area contributed by atoms with E-state index in [1.165, 1.54) is 5.56 Å². The van der Waals surface area contributed by atoms with Gasteiger partial charge in [0.15, 0.2) is 0 Å². The second kappa shape index (κ2) is 4.32. The normalized spacial score (nSPS) is 14.4. The Bertz CT molecular complexity index is 453. The first-order chi connectivity index (χ1) is 7.18. The highest BCUT2D eigenvalue weighted by Crippen LogP contribution is 2.33. The smallest absolute Gasteiger partial charge is 0.149 e. The number of fused-ring (bicyclic) bond motifs is 1. The van der Waals surface area contributed by atoms with Crippen LogP contribution < -0.4 is 5.73 Å². The van der Waals surface area contributed by atoms with Crippen molar-refractivity contribution in [2.24, 2.45) is 0 Å². The molecule has 0 radical (unpaired) electrons. The van der Waals surface area contributed by atoms with Crippen LogP contribution in [0, 0.1) is 0 Å². The minimum Gasteiger partial charge on any atom is -0.398 e. The first-order valence-corrected chi connectivity index (χ1v) is 5.62. The number of hydrogen-bond donors (Lipinski definition) is 1. The summed E-state index contributed by atoms with van der Waals surface area (Å²) in [6, 6.07) is 5.92. The van der Waals surface area contributed by atoms with E-state index in [1.807, 2.05) is 18.2 Å². The van der Waals surface area contributed by atoms with Gasteiger partial charge in [0.1, 0.15) is 4.49 Å². The van der Waals surface area contributed by atoms with Crippen LogP contribution in [0.1, 0.15) is 24.0 Å². The molecule has 0 fully saturated rings. The Kier molecular flexibility index (Phi) is 3.06. The van der Waals surface area contributed by atoms with Gasteiger partial charge in [-0.25, -0.2) is 0 Å². The zero-order chi connectivity index (χ0) is 10.8. The molecule has 2 rings (SSSR count). The molecule has 0 amide bonds. The van der Waals surface area contributed by atoms with Crippen molar-refractivity contribution in [3.05, 3.63) is 39.5 Å². The lowest BCUT2D eigenvalue weighted by atomic mass is 9.87. The van der Waals surface area contributed by atoms with E-state index in [-0.39, 0.29) is 4.49 Å². The third-order valence-electron chi connectivity index (χ3n) is 2.64. The predicted molar refractivity (Wildman–Crippen MR) is 65.9 cm³/mol. The number of allylic oxidation sites excluding steroid dienone is 1. The van der Waals surface area contributed by atoms with E-state index in [2.05, 4.69) is 5.73 Å². The first kappa shape index (κ1) is 10.6. The lowest BCUT2D eigenvalue weighted by molar-refractivity contribution is 0.825. The zero-order valence-corrected chi connectivity index (χ0v) is 9.70. The van der Waals surface area contributed by atoms with Crippen LogP contribution in [0.3, 0.4) is 0 Å². The fourth-order valence-corrected chi connectivity index (χ4v) is 2.22. The Hall–Kier alpha value is -0.880. The standard InChI is InChI=1S/C12H11Cl2N/c13-12(14)7-8-3-1-5-10-9(8)4-2-6-11(10)15/h2,4,6H,1,3,5,15H2. The zero-order valence-electron chi connectivity index (χ0n) is 8.19. The fourth-order valence-electron chi connectivity index (χ4n) is 1.99. The van der Waals surface area contributed by atoms with Crippen LogP contribution in [0.25, 0.3) is 5.57 Å². The Morgan fingerprint density at radius 3 is 2.80 bits per heavy atom. The van der Waals surface area contributed by atoms with Crippen molar-refractivity contribution in [3.63, 3.8) is 0 Å². The minimum absolute atomic E-state index is 0.181. The van der Waals surface area contributed by atoms with Gasteiger partial charge in [-0.2, -0.15) is 0 Å². The maximum Gasteiger partial charge on any atom is 0.149 e. The lowest BCUT2D eigenvalue weighted by Gasteiger charge is -2.18. The molecule has 3 heteroatoms. The van der Waals surface area contributed by atoms with Crippen molar-refractivity contribution < 1.29 is 0 Å². The third-order valence-corrected chi connectivity index (χ3v) is 2.83. The van der Waals surface area contributed by atoms with Gasteiger partial charge in [-0.15, -0.1) is 0 Å². The monoisotopic (exact) mass is 239 g/mol. The van der Waals surface area contributed by atoms with E-state index in [0.717, 1.165) is 36.1 Å². The molecule has 0 saturated carbocycles. The molecule has 1 aliphatic rings. The van der Waals surface area contributed by atoms with Crippen molar-refractivity contribution >= 4 is 34.5 Å². The molecule has 0 unspecified atom stereocenters. The molecule has 0 heterocycles. The Labute approximate surface area is 99.2 Å². The van der Waals surface area contributed by atoms with Gasteiger partial charge in [0.25, 0.3) is 0 Å². The molecule has 1 aromatic carbocycles. The molecule has 0 spiro atoms. The van der Waals surface area contributed by atoms with Crippen LogP contribution >= 0.6 is 23.2 Å². The van der Waals surface area contributed by atoms with Crippen LogP contribution in [0.4, 0.5) is 5.69 Å². The van der Waals surface area contributed by atoms with E-state index in [9.17, 15) is 0 Å². The summed E-state index contributed by atoms with van der Waals surface area (Å²) in [5.74, 6) is 0. The molecule has 0 aliphatic heterocycles. The molecule has 15 heavy (non-hydrogen) atoms. The van der Waals surface area contributed by atoms with Crippen molar-refractivity contribution in [2.45, 2.75) is 19.3 Å². The highest BCUT2D eigenvalue weighted by atomic mass is 35.5. The number of nitrogens with two attached hydrogens (primary N) is 1. The van der Waals surface area contributed by atoms with Gasteiger partial charge in [-0.1, -0.05) is 41.1 Å². The summed E-state index contributed by atoms with van der Waals surface area (Å²) in [5.41, 5.74) is 13.1. The molecule has 0 aromatic heterocycles. The molecule has 1 aliphatic carbocycles. The lowest BCUT2D eigenvalue weighted by Crippen LogP contribution is -2.04. The van der Waals surface area contributed by atoms with Gasteiger partial charge >= 0.3 is 0 Å². The molecule has 0 atom stereocenters. The summed E-state index contributed by atoms with van der Waals surface area (Å²) in [5, 5.41) is 0. The molecule has 2 N–H and O–H groups in total. The third kappa shape index (κ3) is 2.21. The summed E-state index contributed by atoms with van der Waals surface area (Å²) in [4.78, 5) is 0. The summed E-state index contributed by atoms with van der Waals surface area (Å²) in [6.07, 6.45) is 3.05. The van der Waals surface area contributed by atoms with E-state index in [1.54, 1.807) is 0 Å². The molecule has 78 valence electrons. The van der Waals surface area contributed by atoms with Crippen LogP contribution in [0.5, 0.6) is 0 Å². The minimum atomic E-state index is 0.181. The molecule has 0 saturated heterocycles. The maximum absolute atomic E-state index is 5.92. The largest absolute Gasteiger partial charge is 0.398 e. The van der Waals surface area contributed by atoms with Gasteiger partial charge in [0.05, 0.1) is 0 Å². The van der Waals surface area contributed by atoms with Gasteiger partial charge in [0.2, 0.25) is 0 Å². The van der Waals surface area contributed by atoms with Crippen molar-refractivity contribution in [1.29, 1.82) is 0 Å². The van der Waals surface area contributed by atoms with E-state index in [0.29, 0.717) is 0 Å². The molecule has 1 aromatic rings. The SMILES string of the molecule is Nc1cccc2c1CCCC2=C=C(Cl)Cl. The van der Waals surface area contributed by atoms with E-state index in [4.69, 9.17) is 28.9 Å². The summed E-state index contributed by atoms with van der Waals surface area (Å²) < 4.78 is 0.181. The number of rotatable bonds is 0. The molecular formula is C12H11Cl2N. The topological polar surface area (TPSA) is 26.0 Å².